The minimum Gasteiger partial charge on any atom is -0.482 e. The summed E-state index contributed by atoms with van der Waals surface area (Å²) >= 11 is 0. The molecular formula is C15H21N3O. The number of fused-ring (bicyclic) bond motifs is 1. The van der Waals surface area contributed by atoms with Gasteiger partial charge in [0.25, 0.3) is 0 Å². The van der Waals surface area contributed by atoms with Gasteiger partial charge in [-0.1, -0.05) is 12.5 Å². The van der Waals surface area contributed by atoms with E-state index in [0.29, 0.717) is 0 Å². The van der Waals surface area contributed by atoms with Crippen LogP contribution in [0, 0.1) is 0 Å². The summed E-state index contributed by atoms with van der Waals surface area (Å²) in [5.41, 5.74) is 1.10. The first-order chi connectivity index (χ1) is 9.38. The zero-order chi connectivity index (χ0) is 13.1. The number of hydrogen-bond donors (Lipinski definition) is 0. The van der Waals surface area contributed by atoms with E-state index >= 15 is 0 Å². The summed E-state index contributed by atoms with van der Waals surface area (Å²) in [4.78, 5) is 7.09. The third-order valence-electron chi connectivity index (χ3n) is 3.90. The van der Waals surface area contributed by atoms with Crippen LogP contribution in [0.4, 0.5) is 0 Å². The summed E-state index contributed by atoms with van der Waals surface area (Å²) < 4.78 is 7.54. The van der Waals surface area contributed by atoms with Crippen molar-refractivity contribution < 1.29 is 4.74 Å². The number of piperidine rings is 1. The first kappa shape index (κ1) is 12.5. The number of ether oxygens (including phenoxy) is 1. The minimum atomic E-state index is 0.864. The lowest BCUT2D eigenvalue weighted by molar-refractivity contribution is 0.230. The second-order valence-corrected chi connectivity index (χ2v) is 5.16. The Bertz CT molecular complexity index is 543. The first-order valence-corrected chi connectivity index (χ1v) is 7.10. The molecule has 0 saturated carbocycles. The van der Waals surface area contributed by atoms with Crippen molar-refractivity contribution in [3.8, 4) is 5.88 Å². The topological polar surface area (TPSA) is 29.8 Å². The number of pyridine rings is 1. The lowest BCUT2D eigenvalue weighted by atomic mass is 10.1. The van der Waals surface area contributed by atoms with E-state index in [-0.39, 0.29) is 0 Å². The van der Waals surface area contributed by atoms with Crippen LogP contribution in [-0.2, 0) is 6.42 Å². The Morgan fingerprint density at radius 3 is 2.84 bits per heavy atom. The monoisotopic (exact) mass is 259 g/mol. The van der Waals surface area contributed by atoms with Crippen molar-refractivity contribution in [1.82, 2.24) is 14.3 Å². The maximum Gasteiger partial charge on any atom is 0.199 e. The lowest BCUT2D eigenvalue weighted by Crippen LogP contribution is -2.31. The molecule has 4 nitrogen and oxygen atoms in total. The van der Waals surface area contributed by atoms with Crippen LogP contribution in [0.5, 0.6) is 5.88 Å². The fourth-order valence-electron chi connectivity index (χ4n) is 2.86. The van der Waals surface area contributed by atoms with Crippen molar-refractivity contribution in [3.05, 3.63) is 30.2 Å². The van der Waals surface area contributed by atoms with Crippen molar-refractivity contribution in [2.24, 2.45) is 0 Å². The van der Waals surface area contributed by atoms with Crippen LogP contribution in [0.2, 0.25) is 0 Å². The second kappa shape index (κ2) is 5.61. The fraction of sp³-hybridized carbons (Fsp3) is 0.533. The second-order valence-electron chi connectivity index (χ2n) is 5.16. The predicted molar refractivity (Wildman–Crippen MR) is 75.7 cm³/mol. The lowest BCUT2D eigenvalue weighted by Gasteiger charge is -2.26. The molecule has 0 aromatic carbocycles. The zero-order valence-electron chi connectivity index (χ0n) is 11.5. The van der Waals surface area contributed by atoms with Gasteiger partial charge in [-0.05, 0) is 38.1 Å². The Balaban J connectivity index is 1.77. The summed E-state index contributed by atoms with van der Waals surface area (Å²) in [6.45, 7) is 3.57. The SMILES string of the molecule is COc1cccc2cnc(CCN3CCCCC3)n12. The van der Waals surface area contributed by atoms with Crippen LogP contribution in [0.15, 0.2) is 24.4 Å². The molecule has 0 spiro atoms. The Hall–Kier alpha value is -1.55. The van der Waals surface area contributed by atoms with E-state index in [4.69, 9.17) is 4.74 Å². The molecule has 0 amide bonds. The van der Waals surface area contributed by atoms with Gasteiger partial charge in [0.05, 0.1) is 18.8 Å². The standard InChI is InChI=1S/C15H21N3O/c1-19-15-7-5-6-13-12-16-14(18(13)15)8-11-17-9-3-2-4-10-17/h5-7,12H,2-4,8-11H2,1H3. The third kappa shape index (κ3) is 2.59. The smallest absolute Gasteiger partial charge is 0.199 e. The first-order valence-electron chi connectivity index (χ1n) is 7.10. The number of rotatable bonds is 4. The Labute approximate surface area is 114 Å². The van der Waals surface area contributed by atoms with Crippen LogP contribution in [0.25, 0.3) is 5.52 Å². The molecule has 3 rings (SSSR count). The van der Waals surface area contributed by atoms with E-state index in [9.17, 15) is 0 Å². The number of nitrogens with zero attached hydrogens (tertiary/aromatic N) is 3. The predicted octanol–water partition coefficient (Wildman–Crippen LogP) is 2.37. The molecular weight excluding hydrogens is 238 g/mol. The molecule has 2 aromatic rings. The molecule has 3 heterocycles. The number of likely N-dealkylation sites (tertiary alicyclic amines) is 1. The average molecular weight is 259 g/mol. The van der Waals surface area contributed by atoms with Gasteiger partial charge in [0.1, 0.15) is 5.82 Å². The molecule has 102 valence electrons. The summed E-state index contributed by atoms with van der Waals surface area (Å²) in [5.74, 6) is 1.96. The Morgan fingerprint density at radius 1 is 1.21 bits per heavy atom. The molecule has 0 aliphatic carbocycles. The highest BCUT2D eigenvalue weighted by molar-refractivity contribution is 5.49. The van der Waals surface area contributed by atoms with E-state index in [2.05, 4.69) is 20.4 Å². The van der Waals surface area contributed by atoms with Crippen LogP contribution in [0.3, 0.4) is 0 Å². The summed E-state index contributed by atoms with van der Waals surface area (Å²) in [6, 6.07) is 6.06. The van der Waals surface area contributed by atoms with Crippen molar-refractivity contribution in [1.29, 1.82) is 0 Å². The zero-order valence-corrected chi connectivity index (χ0v) is 11.5. The molecule has 0 bridgehead atoms. The Morgan fingerprint density at radius 2 is 2.05 bits per heavy atom. The van der Waals surface area contributed by atoms with Gasteiger partial charge in [-0.25, -0.2) is 4.98 Å². The number of hydrogen-bond acceptors (Lipinski definition) is 3. The Kier molecular flexibility index (Phi) is 3.69. The number of aromatic nitrogens is 2. The maximum absolute atomic E-state index is 5.43. The van der Waals surface area contributed by atoms with Crippen LogP contribution in [0.1, 0.15) is 25.1 Å². The van der Waals surface area contributed by atoms with E-state index in [1.165, 1.54) is 32.4 Å². The molecule has 1 saturated heterocycles. The van der Waals surface area contributed by atoms with Gasteiger partial charge in [0.2, 0.25) is 0 Å². The normalized spacial score (nSPS) is 16.9. The molecule has 0 N–H and O–H groups in total. The summed E-state index contributed by atoms with van der Waals surface area (Å²) in [6.07, 6.45) is 6.97. The van der Waals surface area contributed by atoms with E-state index in [1.54, 1.807) is 7.11 Å². The molecule has 0 unspecified atom stereocenters. The molecule has 4 heteroatoms. The van der Waals surface area contributed by atoms with Crippen LogP contribution >= 0.6 is 0 Å². The minimum absolute atomic E-state index is 0.864. The molecule has 2 aromatic heterocycles. The van der Waals surface area contributed by atoms with Crippen LogP contribution in [-0.4, -0.2) is 41.0 Å². The number of imidazole rings is 1. The van der Waals surface area contributed by atoms with Gasteiger partial charge in [-0.15, -0.1) is 0 Å². The highest BCUT2D eigenvalue weighted by atomic mass is 16.5. The largest absolute Gasteiger partial charge is 0.482 e. The molecule has 1 fully saturated rings. The van der Waals surface area contributed by atoms with Crippen LogP contribution < -0.4 is 4.74 Å². The van der Waals surface area contributed by atoms with Gasteiger partial charge in [0.15, 0.2) is 5.88 Å². The van der Waals surface area contributed by atoms with Crippen molar-refractivity contribution in [3.63, 3.8) is 0 Å². The average Bonchev–Trinajstić information content (AvgIpc) is 2.89. The van der Waals surface area contributed by atoms with Crippen molar-refractivity contribution in [2.45, 2.75) is 25.7 Å². The summed E-state index contributed by atoms with van der Waals surface area (Å²) in [5, 5.41) is 0. The fourth-order valence-corrected chi connectivity index (χ4v) is 2.86. The molecule has 0 radical (unpaired) electrons. The highest BCUT2D eigenvalue weighted by Crippen LogP contribution is 2.18. The van der Waals surface area contributed by atoms with Gasteiger partial charge < -0.3 is 9.64 Å². The number of methoxy groups -OCH3 is 1. The maximum atomic E-state index is 5.43. The summed E-state index contributed by atoms with van der Waals surface area (Å²) in [7, 11) is 1.71. The van der Waals surface area contributed by atoms with Gasteiger partial charge in [0, 0.05) is 13.0 Å². The quantitative estimate of drug-likeness (QED) is 0.844. The molecule has 0 atom stereocenters. The molecule has 1 aliphatic rings. The van der Waals surface area contributed by atoms with E-state index in [0.717, 1.165) is 30.2 Å². The molecule has 1 aliphatic heterocycles. The highest BCUT2D eigenvalue weighted by Gasteiger charge is 2.12. The van der Waals surface area contributed by atoms with Gasteiger partial charge in [-0.2, -0.15) is 0 Å². The van der Waals surface area contributed by atoms with Gasteiger partial charge >= 0.3 is 0 Å². The van der Waals surface area contributed by atoms with E-state index < -0.39 is 0 Å². The van der Waals surface area contributed by atoms with Gasteiger partial charge in [-0.3, -0.25) is 4.40 Å². The van der Waals surface area contributed by atoms with E-state index in [1.807, 2.05) is 18.3 Å². The van der Waals surface area contributed by atoms with Crippen molar-refractivity contribution in [2.75, 3.05) is 26.7 Å². The van der Waals surface area contributed by atoms with Crippen molar-refractivity contribution >= 4 is 5.52 Å². The third-order valence-corrected chi connectivity index (χ3v) is 3.90. The molecule has 19 heavy (non-hydrogen) atoms.